The largest absolute Gasteiger partial charge is 0.463 e. The van der Waals surface area contributed by atoms with Crippen LogP contribution in [0.3, 0.4) is 0 Å². The van der Waals surface area contributed by atoms with Gasteiger partial charge in [0.2, 0.25) is 0 Å². The minimum absolute atomic E-state index is 0.0772. The number of rotatable bonds is 4. The summed E-state index contributed by atoms with van der Waals surface area (Å²) in [5, 5.41) is 0. The number of hydrogen-bond acceptors (Lipinski definition) is 4. The monoisotopic (exact) mass is 432 g/mol. The fourth-order valence-corrected chi connectivity index (χ4v) is 5.99. The number of carbonyl (C=O) groups is 2. The minimum Gasteiger partial charge on any atom is -0.463 e. The van der Waals surface area contributed by atoms with E-state index in [4.69, 9.17) is 9.47 Å². The molecular formula is C16H18Br2O4. The van der Waals surface area contributed by atoms with Crippen molar-refractivity contribution in [3.05, 3.63) is 23.3 Å². The van der Waals surface area contributed by atoms with Crippen LogP contribution in [0.4, 0.5) is 0 Å². The second-order valence-corrected chi connectivity index (χ2v) is 7.86. The molecule has 0 radical (unpaired) electrons. The summed E-state index contributed by atoms with van der Waals surface area (Å²) in [5.74, 6) is -0.297. The van der Waals surface area contributed by atoms with E-state index in [2.05, 4.69) is 31.9 Å². The topological polar surface area (TPSA) is 52.6 Å². The molecule has 1 saturated carbocycles. The first kappa shape index (κ1) is 16.2. The van der Waals surface area contributed by atoms with E-state index in [0.29, 0.717) is 45.9 Å². The summed E-state index contributed by atoms with van der Waals surface area (Å²) in [5.41, 5.74) is 0.996. The van der Waals surface area contributed by atoms with Gasteiger partial charge in [0.25, 0.3) is 0 Å². The van der Waals surface area contributed by atoms with Crippen molar-refractivity contribution in [2.24, 2.45) is 23.7 Å². The molecule has 6 atom stereocenters. The number of ether oxygens (including phenoxy) is 2. The normalized spacial score (nSPS) is 38.4. The van der Waals surface area contributed by atoms with Crippen LogP contribution in [0.25, 0.3) is 0 Å². The molecule has 0 unspecified atom stereocenters. The number of esters is 2. The van der Waals surface area contributed by atoms with Crippen LogP contribution in [0.1, 0.15) is 13.8 Å². The van der Waals surface area contributed by atoms with Gasteiger partial charge in [-0.25, -0.2) is 9.59 Å². The Morgan fingerprint density at radius 2 is 1.27 bits per heavy atom. The fraction of sp³-hybridized carbons (Fsp3) is 0.625. The summed E-state index contributed by atoms with van der Waals surface area (Å²) >= 11 is 7.40. The van der Waals surface area contributed by atoms with Gasteiger partial charge in [0.15, 0.2) is 0 Å². The number of halogens is 2. The van der Waals surface area contributed by atoms with Crippen molar-refractivity contribution in [3.63, 3.8) is 0 Å². The van der Waals surface area contributed by atoms with Gasteiger partial charge in [0, 0.05) is 21.5 Å². The second kappa shape index (κ2) is 6.11. The lowest BCUT2D eigenvalue weighted by atomic mass is 9.51. The summed E-state index contributed by atoms with van der Waals surface area (Å²) in [7, 11) is 0. The highest BCUT2D eigenvalue weighted by Crippen LogP contribution is 2.61. The van der Waals surface area contributed by atoms with Crippen molar-refractivity contribution in [3.8, 4) is 0 Å². The van der Waals surface area contributed by atoms with Crippen LogP contribution >= 0.6 is 31.9 Å². The van der Waals surface area contributed by atoms with Gasteiger partial charge in [-0.2, -0.15) is 0 Å². The molecule has 0 aliphatic heterocycles. The molecule has 4 aliphatic rings. The van der Waals surface area contributed by atoms with Crippen LogP contribution in [0.15, 0.2) is 23.3 Å². The van der Waals surface area contributed by atoms with E-state index in [9.17, 15) is 9.59 Å². The van der Waals surface area contributed by atoms with Gasteiger partial charge in [-0.3, -0.25) is 0 Å². The fourth-order valence-electron chi connectivity index (χ4n) is 3.92. The van der Waals surface area contributed by atoms with Crippen molar-refractivity contribution < 1.29 is 19.1 Å². The third-order valence-electron chi connectivity index (χ3n) is 4.79. The average Bonchev–Trinajstić information content (AvgIpc) is 2.53. The maximum atomic E-state index is 12.4. The van der Waals surface area contributed by atoms with E-state index in [1.807, 2.05) is 12.2 Å². The van der Waals surface area contributed by atoms with Crippen molar-refractivity contribution >= 4 is 43.8 Å². The summed E-state index contributed by atoms with van der Waals surface area (Å²) in [6.45, 7) is 4.14. The van der Waals surface area contributed by atoms with E-state index >= 15 is 0 Å². The number of hydrogen-bond donors (Lipinski definition) is 0. The van der Waals surface area contributed by atoms with Crippen LogP contribution < -0.4 is 0 Å². The van der Waals surface area contributed by atoms with E-state index in [1.165, 1.54) is 0 Å². The summed E-state index contributed by atoms with van der Waals surface area (Å²) in [4.78, 5) is 25.4. The lowest BCUT2D eigenvalue weighted by Crippen LogP contribution is -2.60. The number of allylic oxidation sites excluding steroid dienone is 2. The van der Waals surface area contributed by atoms with Crippen LogP contribution in [0.5, 0.6) is 0 Å². The van der Waals surface area contributed by atoms with Gasteiger partial charge >= 0.3 is 11.9 Å². The van der Waals surface area contributed by atoms with Crippen molar-refractivity contribution in [1.82, 2.24) is 0 Å². The molecule has 22 heavy (non-hydrogen) atoms. The van der Waals surface area contributed by atoms with E-state index in [0.717, 1.165) is 0 Å². The Balaban J connectivity index is 2.05. The Bertz CT molecular complexity index is 520. The molecule has 1 fully saturated rings. The van der Waals surface area contributed by atoms with Gasteiger partial charge in [-0.05, 0) is 25.7 Å². The Hall–Kier alpha value is -0.620. The predicted octanol–water partition coefficient (Wildman–Crippen LogP) is 3.00. The van der Waals surface area contributed by atoms with Gasteiger partial charge in [-0.15, -0.1) is 0 Å². The minimum atomic E-state index is -0.388. The maximum absolute atomic E-state index is 12.4. The van der Waals surface area contributed by atoms with E-state index in [1.54, 1.807) is 13.8 Å². The number of alkyl halides is 2. The Morgan fingerprint density at radius 3 is 1.59 bits per heavy atom. The SMILES string of the molecule is CCOC(=O)C1=C(C(=O)OCC)[C@@H]2C=C[C@H]1[C@H]1[C@@H](Br)[C@@H](Br)[C@@H]12. The second-order valence-electron chi connectivity index (χ2n) is 5.75. The molecule has 0 spiro atoms. The van der Waals surface area contributed by atoms with Crippen molar-refractivity contribution in [1.29, 1.82) is 0 Å². The Kier molecular flexibility index (Phi) is 4.52. The molecule has 6 heteroatoms. The van der Waals surface area contributed by atoms with Gasteiger partial charge in [-0.1, -0.05) is 44.0 Å². The standard InChI is InChI=1S/C16H18Br2O4/c1-3-21-15(19)11-7-5-6-8(12(11)16(20)22-4-2)10-9(7)13(17)14(10)18/h5-10,13-14H,3-4H2,1-2H3/t7-,8+,9-,10-,13+,14-/m1/s1. The molecule has 2 bridgehead atoms. The molecule has 0 saturated heterocycles. The lowest BCUT2D eigenvalue weighted by molar-refractivity contribution is -0.144. The average molecular weight is 434 g/mol. The molecule has 4 nitrogen and oxygen atoms in total. The Labute approximate surface area is 146 Å². The molecule has 4 rings (SSSR count). The van der Waals surface area contributed by atoms with Crippen LogP contribution in [-0.2, 0) is 19.1 Å². The molecule has 0 N–H and O–H groups in total. The third-order valence-corrected chi connectivity index (χ3v) is 7.86. The quantitative estimate of drug-likeness (QED) is 0.388. The molecule has 0 heterocycles. The third kappa shape index (κ3) is 2.21. The zero-order valence-corrected chi connectivity index (χ0v) is 15.6. The van der Waals surface area contributed by atoms with Crippen molar-refractivity contribution in [2.75, 3.05) is 13.2 Å². The zero-order chi connectivity index (χ0) is 16.0. The highest BCUT2D eigenvalue weighted by atomic mass is 79.9. The first-order valence-electron chi connectivity index (χ1n) is 7.57. The smallest absolute Gasteiger partial charge is 0.335 e. The van der Waals surface area contributed by atoms with Crippen molar-refractivity contribution in [2.45, 2.75) is 23.5 Å². The molecule has 0 aromatic carbocycles. The maximum Gasteiger partial charge on any atom is 0.335 e. The van der Waals surface area contributed by atoms with Crippen LogP contribution in [0.2, 0.25) is 0 Å². The van der Waals surface area contributed by atoms with E-state index in [-0.39, 0.29) is 23.8 Å². The molecular weight excluding hydrogens is 416 g/mol. The Morgan fingerprint density at radius 1 is 0.909 bits per heavy atom. The van der Waals surface area contributed by atoms with Gasteiger partial charge in [0.1, 0.15) is 0 Å². The zero-order valence-electron chi connectivity index (χ0n) is 12.4. The van der Waals surface area contributed by atoms with Crippen LogP contribution in [-0.4, -0.2) is 34.8 Å². The highest BCUT2D eigenvalue weighted by molar-refractivity contribution is 9.12. The van der Waals surface area contributed by atoms with Gasteiger partial charge in [0.05, 0.1) is 24.4 Å². The number of carbonyl (C=O) groups excluding carboxylic acids is 2. The molecule has 4 aliphatic carbocycles. The summed E-state index contributed by atoms with van der Waals surface area (Å²) < 4.78 is 10.4. The first-order chi connectivity index (χ1) is 10.5. The summed E-state index contributed by atoms with van der Waals surface area (Å²) in [6, 6.07) is 0. The molecule has 120 valence electrons. The molecule has 0 aromatic rings. The first-order valence-corrected chi connectivity index (χ1v) is 9.40. The molecule has 0 amide bonds. The van der Waals surface area contributed by atoms with E-state index < -0.39 is 0 Å². The van der Waals surface area contributed by atoms with Crippen LogP contribution in [0, 0.1) is 23.7 Å². The molecule has 0 aromatic heterocycles. The highest BCUT2D eigenvalue weighted by Gasteiger charge is 2.61. The predicted molar refractivity (Wildman–Crippen MR) is 88.8 cm³/mol. The summed E-state index contributed by atoms with van der Waals surface area (Å²) in [6.07, 6.45) is 4.10. The van der Waals surface area contributed by atoms with Gasteiger partial charge < -0.3 is 9.47 Å². The lowest BCUT2D eigenvalue weighted by Gasteiger charge is -2.58.